The molecular formula is C22H24N4O2. The molecule has 0 radical (unpaired) electrons. The normalized spacial score (nSPS) is 10.8. The number of anilines is 4. The van der Waals surface area contributed by atoms with Crippen LogP contribution in [0.4, 0.5) is 23.0 Å². The van der Waals surface area contributed by atoms with Crippen LogP contribution in [-0.4, -0.2) is 21.0 Å². The molecule has 0 saturated carbocycles. The predicted octanol–water partition coefficient (Wildman–Crippen LogP) is 5.40. The highest BCUT2D eigenvalue weighted by molar-refractivity contribution is 5.88. The Hall–Kier alpha value is -3.41. The van der Waals surface area contributed by atoms with E-state index < -0.39 is 5.97 Å². The first-order valence-electron chi connectivity index (χ1n) is 9.16. The Balaban J connectivity index is 1.87. The quantitative estimate of drug-likeness (QED) is 0.534. The van der Waals surface area contributed by atoms with Crippen LogP contribution in [-0.2, 0) is 0 Å². The van der Waals surface area contributed by atoms with Gasteiger partial charge < -0.3 is 15.7 Å². The maximum Gasteiger partial charge on any atom is 0.335 e. The van der Waals surface area contributed by atoms with E-state index in [1.54, 1.807) is 24.3 Å². The highest BCUT2D eigenvalue weighted by atomic mass is 16.4. The monoisotopic (exact) mass is 376 g/mol. The van der Waals surface area contributed by atoms with Gasteiger partial charge in [0.1, 0.15) is 17.5 Å². The summed E-state index contributed by atoms with van der Waals surface area (Å²) in [5.41, 5.74) is 4.45. The number of aryl methyl sites for hydroxylation is 2. The van der Waals surface area contributed by atoms with Crippen LogP contribution in [0.15, 0.2) is 48.5 Å². The van der Waals surface area contributed by atoms with Gasteiger partial charge in [-0.25, -0.2) is 14.8 Å². The van der Waals surface area contributed by atoms with Crippen molar-refractivity contribution >= 4 is 29.0 Å². The summed E-state index contributed by atoms with van der Waals surface area (Å²) in [5.74, 6) is 1.41. The lowest BCUT2D eigenvalue weighted by Crippen LogP contribution is -2.05. The minimum Gasteiger partial charge on any atom is -0.478 e. The second-order valence-corrected chi connectivity index (χ2v) is 7.01. The summed E-state index contributed by atoms with van der Waals surface area (Å²) in [6, 6.07) is 14.6. The van der Waals surface area contributed by atoms with Crippen molar-refractivity contribution in [2.45, 2.75) is 33.6 Å². The summed E-state index contributed by atoms with van der Waals surface area (Å²) < 4.78 is 0. The van der Waals surface area contributed by atoms with Crippen molar-refractivity contribution in [3.05, 3.63) is 71.0 Å². The zero-order chi connectivity index (χ0) is 20.3. The summed E-state index contributed by atoms with van der Waals surface area (Å²) in [5, 5.41) is 15.7. The minimum atomic E-state index is -0.949. The number of carboxylic acid groups (broad SMARTS) is 1. The zero-order valence-electron chi connectivity index (χ0n) is 16.4. The van der Waals surface area contributed by atoms with Gasteiger partial charge in [-0.1, -0.05) is 32.0 Å². The molecule has 0 unspecified atom stereocenters. The van der Waals surface area contributed by atoms with Crippen LogP contribution in [0, 0.1) is 13.8 Å². The minimum absolute atomic E-state index is 0.243. The van der Waals surface area contributed by atoms with Gasteiger partial charge in [0.15, 0.2) is 0 Å². The van der Waals surface area contributed by atoms with Crippen molar-refractivity contribution in [3.63, 3.8) is 0 Å². The van der Waals surface area contributed by atoms with E-state index in [1.807, 2.05) is 13.0 Å². The molecule has 2 aromatic carbocycles. The summed E-state index contributed by atoms with van der Waals surface area (Å²) in [6.45, 7) is 8.24. The molecular weight excluding hydrogens is 352 g/mol. The van der Waals surface area contributed by atoms with Gasteiger partial charge in [0, 0.05) is 17.4 Å². The van der Waals surface area contributed by atoms with E-state index in [9.17, 15) is 4.79 Å². The third-order valence-electron chi connectivity index (χ3n) is 4.42. The molecule has 0 aliphatic rings. The molecule has 28 heavy (non-hydrogen) atoms. The van der Waals surface area contributed by atoms with Crippen LogP contribution in [0.1, 0.15) is 47.1 Å². The standard InChI is InChI=1S/C22H24N4O2/c1-13(2)18-7-5-6-14(3)21(18)26-20-12-19(23-15(4)24-20)25-17-10-8-16(9-11-17)22(27)28/h5-13H,1-4H3,(H,27,28)(H2,23,24,25,26). The zero-order valence-corrected chi connectivity index (χ0v) is 16.4. The largest absolute Gasteiger partial charge is 0.478 e. The number of benzene rings is 2. The highest BCUT2D eigenvalue weighted by Gasteiger charge is 2.11. The maximum absolute atomic E-state index is 11.0. The highest BCUT2D eigenvalue weighted by Crippen LogP contribution is 2.30. The molecule has 0 amide bonds. The van der Waals surface area contributed by atoms with Crippen LogP contribution in [0.2, 0.25) is 0 Å². The lowest BCUT2D eigenvalue weighted by atomic mass is 9.98. The number of nitrogens with zero attached hydrogens (tertiary/aromatic N) is 2. The average Bonchev–Trinajstić information content (AvgIpc) is 2.63. The molecule has 3 N–H and O–H groups in total. The molecule has 1 heterocycles. The lowest BCUT2D eigenvalue weighted by molar-refractivity contribution is 0.0697. The average molecular weight is 376 g/mol. The molecule has 3 rings (SSSR count). The number of hydrogen-bond donors (Lipinski definition) is 3. The molecule has 144 valence electrons. The Bertz CT molecular complexity index is 998. The summed E-state index contributed by atoms with van der Waals surface area (Å²) >= 11 is 0. The van der Waals surface area contributed by atoms with E-state index in [-0.39, 0.29) is 5.56 Å². The molecule has 0 saturated heterocycles. The lowest BCUT2D eigenvalue weighted by Gasteiger charge is -2.17. The molecule has 0 aliphatic carbocycles. The fourth-order valence-corrected chi connectivity index (χ4v) is 3.01. The Morgan fingerprint density at radius 1 is 0.964 bits per heavy atom. The smallest absolute Gasteiger partial charge is 0.335 e. The van der Waals surface area contributed by atoms with E-state index in [2.05, 4.69) is 59.6 Å². The van der Waals surface area contributed by atoms with Crippen LogP contribution in [0.3, 0.4) is 0 Å². The van der Waals surface area contributed by atoms with Crippen molar-refractivity contribution in [1.82, 2.24) is 9.97 Å². The van der Waals surface area contributed by atoms with Gasteiger partial charge in [0.05, 0.1) is 5.56 Å². The molecule has 0 spiro atoms. The number of nitrogens with one attached hydrogen (secondary N) is 2. The predicted molar refractivity (Wildman–Crippen MR) is 112 cm³/mol. The molecule has 1 aromatic heterocycles. The molecule has 3 aromatic rings. The maximum atomic E-state index is 11.0. The molecule has 6 nitrogen and oxygen atoms in total. The van der Waals surface area contributed by atoms with Crippen LogP contribution < -0.4 is 10.6 Å². The Morgan fingerprint density at radius 2 is 1.61 bits per heavy atom. The first-order valence-corrected chi connectivity index (χ1v) is 9.16. The van der Waals surface area contributed by atoms with Gasteiger partial charge >= 0.3 is 5.97 Å². The number of rotatable bonds is 6. The third-order valence-corrected chi connectivity index (χ3v) is 4.42. The van der Waals surface area contributed by atoms with Gasteiger partial charge in [-0.3, -0.25) is 0 Å². The molecule has 6 heteroatoms. The molecule has 0 aliphatic heterocycles. The second-order valence-electron chi connectivity index (χ2n) is 7.01. The number of hydrogen-bond acceptors (Lipinski definition) is 5. The summed E-state index contributed by atoms with van der Waals surface area (Å²) in [7, 11) is 0. The van der Waals surface area contributed by atoms with Crippen molar-refractivity contribution in [1.29, 1.82) is 0 Å². The van der Waals surface area contributed by atoms with Crippen molar-refractivity contribution in [3.8, 4) is 0 Å². The number of carbonyl (C=O) groups is 1. The van der Waals surface area contributed by atoms with Gasteiger partial charge in [-0.05, 0) is 55.2 Å². The topological polar surface area (TPSA) is 87.1 Å². The first-order chi connectivity index (χ1) is 13.3. The van der Waals surface area contributed by atoms with E-state index in [0.717, 1.165) is 16.9 Å². The van der Waals surface area contributed by atoms with Crippen LogP contribution >= 0.6 is 0 Å². The fourth-order valence-electron chi connectivity index (χ4n) is 3.01. The van der Waals surface area contributed by atoms with Gasteiger partial charge in [0.25, 0.3) is 0 Å². The molecule has 0 atom stereocenters. The van der Waals surface area contributed by atoms with Crippen molar-refractivity contribution in [2.75, 3.05) is 10.6 Å². The number of para-hydroxylation sites is 1. The molecule has 0 fully saturated rings. The van der Waals surface area contributed by atoms with Crippen molar-refractivity contribution < 1.29 is 9.90 Å². The summed E-state index contributed by atoms with van der Waals surface area (Å²) in [4.78, 5) is 19.9. The van der Waals surface area contributed by atoms with Crippen molar-refractivity contribution in [2.24, 2.45) is 0 Å². The first kappa shape index (κ1) is 19.4. The van der Waals surface area contributed by atoms with Gasteiger partial charge in [0.2, 0.25) is 0 Å². The Kier molecular flexibility index (Phi) is 5.59. The Labute approximate surface area is 164 Å². The van der Waals surface area contributed by atoms with E-state index in [0.29, 0.717) is 23.4 Å². The SMILES string of the molecule is Cc1nc(Nc2ccc(C(=O)O)cc2)cc(Nc2c(C)cccc2C(C)C)n1. The third kappa shape index (κ3) is 4.46. The van der Waals surface area contributed by atoms with Gasteiger partial charge in [-0.2, -0.15) is 0 Å². The van der Waals surface area contributed by atoms with Crippen LogP contribution in [0.5, 0.6) is 0 Å². The number of carboxylic acids is 1. The van der Waals surface area contributed by atoms with E-state index in [1.165, 1.54) is 5.56 Å². The molecule has 0 bridgehead atoms. The number of aromatic nitrogens is 2. The van der Waals surface area contributed by atoms with E-state index >= 15 is 0 Å². The number of aromatic carboxylic acids is 1. The second kappa shape index (κ2) is 8.08. The Morgan fingerprint density at radius 3 is 2.21 bits per heavy atom. The van der Waals surface area contributed by atoms with E-state index in [4.69, 9.17) is 5.11 Å². The van der Waals surface area contributed by atoms with Crippen LogP contribution in [0.25, 0.3) is 0 Å². The summed E-state index contributed by atoms with van der Waals surface area (Å²) in [6.07, 6.45) is 0. The fraction of sp³-hybridized carbons (Fsp3) is 0.227. The van der Waals surface area contributed by atoms with Gasteiger partial charge in [-0.15, -0.1) is 0 Å².